The zero-order valence-corrected chi connectivity index (χ0v) is 21.7. The average molecular weight is 565 g/mol. The van der Waals surface area contributed by atoms with E-state index in [1.165, 1.54) is 23.1 Å². The van der Waals surface area contributed by atoms with Gasteiger partial charge in [-0.1, -0.05) is 51.3 Å². The lowest BCUT2D eigenvalue weighted by molar-refractivity contribution is -0.139. The number of benzene rings is 2. The first kappa shape index (κ1) is 26.4. The fourth-order valence-corrected chi connectivity index (χ4v) is 4.83. The molecule has 7 nitrogen and oxygen atoms in total. The topological polar surface area (TPSA) is 86.8 Å². The van der Waals surface area contributed by atoms with Crippen molar-refractivity contribution in [2.45, 2.75) is 26.4 Å². The number of sulfonamides is 1. The summed E-state index contributed by atoms with van der Waals surface area (Å²) >= 11 is 15.5. The summed E-state index contributed by atoms with van der Waals surface area (Å²) in [6, 6.07) is 10.8. The van der Waals surface area contributed by atoms with Crippen LogP contribution in [0.5, 0.6) is 0 Å². The number of carbonyl (C=O) groups excluding carboxylic acids is 2. The third kappa shape index (κ3) is 7.37. The van der Waals surface area contributed by atoms with Crippen LogP contribution in [0.4, 0.5) is 5.69 Å². The number of anilines is 1. The zero-order chi connectivity index (χ0) is 24.1. The van der Waals surface area contributed by atoms with E-state index in [0.717, 1.165) is 20.6 Å². The molecule has 0 saturated heterocycles. The number of halogens is 3. The minimum atomic E-state index is -3.86. The van der Waals surface area contributed by atoms with E-state index >= 15 is 0 Å². The lowest BCUT2D eigenvalue weighted by Gasteiger charge is -2.31. The monoisotopic (exact) mass is 563 g/mol. The Morgan fingerprint density at radius 3 is 2.28 bits per heavy atom. The molecule has 174 valence electrons. The first-order valence-corrected chi connectivity index (χ1v) is 13.1. The maximum absolute atomic E-state index is 13.3. The van der Waals surface area contributed by atoms with Gasteiger partial charge in [-0.05, 0) is 49.7 Å². The molecule has 0 aliphatic carbocycles. The molecule has 1 N–H and O–H groups in total. The number of likely N-dealkylation sites (N-methyl/N-ethyl adjacent to an activating group) is 1. The molecule has 0 bridgehead atoms. The SMILES string of the molecule is CCNC(=O)C(C)N(Cc1cccc(Br)c1)C(=O)CN(c1cc(Cl)cc(Cl)c1)S(C)(=O)=O. The normalized spacial score (nSPS) is 12.2. The Kier molecular flexibility index (Phi) is 9.39. The fraction of sp³-hybridized carbons (Fsp3) is 0.333. The molecule has 0 saturated carbocycles. The van der Waals surface area contributed by atoms with Crippen LogP contribution in [-0.2, 0) is 26.2 Å². The van der Waals surface area contributed by atoms with Gasteiger partial charge < -0.3 is 10.2 Å². The van der Waals surface area contributed by atoms with Crippen molar-refractivity contribution in [3.05, 3.63) is 62.5 Å². The summed E-state index contributed by atoms with van der Waals surface area (Å²) < 4.78 is 26.8. The van der Waals surface area contributed by atoms with E-state index in [4.69, 9.17) is 23.2 Å². The van der Waals surface area contributed by atoms with Gasteiger partial charge in [-0.25, -0.2) is 8.42 Å². The van der Waals surface area contributed by atoms with Gasteiger partial charge in [0.15, 0.2) is 0 Å². The molecule has 11 heteroatoms. The molecule has 2 aromatic carbocycles. The lowest BCUT2D eigenvalue weighted by atomic mass is 10.1. The second kappa shape index (κ2) is 11.4. The minimum absolute atomic E-state index is 0.116. The molecule has 1 atom stereocenters. The summed E-state index contributed by atoms with van der Waals surface area (Å²) in [6.45, 7) is 3.37. The summed E-state index contributed by atoms with van der Waals surface area (Å²) in [7, 11) is -3.86. The number of hydrogen-bond acceptors (Lipinski definition) is 4. The number of amides is 2. The Labute approximate surface area is 206 Å². The predicted molar refractivity (Wildman–Crippen MR) is 131 cm³/mol. The van der Waals surface area contributed by atoms with Gasteiger partial charge in [-0.3, -0.25) is 13.9 Å². The van der Waals surface area contributed by atoms with Gasteiger partial charge in [0, 0.05) is 27.6 Å². The van der Waals surface area contributed by atoms with Gasteiger partial charge in [0.2, 0.25) is 21.8 Å². The lowest BCUT2D eigenvalue weighted by Crippen LogP contribution is -2.51. The van der Waals surface area contributed by atoms with Crippen LogP contribution in [0.15, 0.2) is 46.9 Å². The van der Waals surface area contributed by atoms with Crippen molar-refractivity contribution in [2.24, 2.45) is 0 Å². The number of rotatable bonds is 9. The molecule has 0 spiro atoms. The van der Waals surface area contributed by atoms with Crippen molar-refractivity contribution in [2.75, 3.05) is 23.7 Å². The van der Waals surface area contributed by atoms with E-state index in [0.29, 0.717) is 6.54 Å². The van der Waals surface area contributed by atoms with E-state index in [9.17, 15) is 18.0 Å². The highest BCUT2D eigenvalue weighted by atomic mass is 79.9. The van der Waals surface area contributed by atoms with Crippen LogP contribution < -0.4 is 9.62 Å². The minimum Gasteiger partial charge on any atom is -0.355 e. The Bertz CT molecular complexity index is 1080. The van der Waals surface area contributed by atoms with Crippen molar-refractivity contribution < 1.29 is 18.0 Å². The molecule has 0 fully saturated rings. The molecule has 0 aliphatic heterocycles. The Morgan fingerprint density at radius 1 is 1.12 bits per heavy atom. The first-order valence-electron chi connectivity index (χ1n) is 9.67. The molecule has 0 aromatic heterocycles. The number of nitrogens with zero attached hydrogens (tertiary/aromatic N) is 2. The largest absolute Gasteiger partial charge is 0.355 e. The zero-order valence-electron chi connectivity index (χ0n) is 17.8. The molecular weight excluding hydrogens is 541 g/mol. The van der Waals surface area contributed by atoms with E-state index in [1.807, 2.05) is 24.3 Å². The van der Waals surface area contributed by atoms with Crippen molar-refractivity contribution in [1.82, 2.24) is 10.2 Å². The van der Waals surface area contributed by atoms with Crippen LogP contribution in [0.1, 0.15) is 19.4 Å². The van der Waals surface area contributed by atoms with Gasteiger partial charge in [0.1, 0.15) is 12.6 Å². The average Bonchev–Trinajstić information content (AvgIpc) is 2.68. The van der Waals surface area contributed by atoms with E-state index in [1.54, 1.807) is 13.8 Å². The van der Waals surface area contributed by atoms with Crippen LogP contribution in [0.3, 0.4) is 0 Å². The molecular formula is C21H24BrCl2N3O4S. The van der Waals surface area contributed by atoms with Crippen molar-refractivity contribution in [1.29, 1.82) is 0 Å². The highest BCUT2D eigenvalue weighted by Gasteiger charge is 2.30. The quantitative estimate of drug-likeness (QED) is 0.497. The second-order valence-electron chi connectivity index (χ2n) is 7.12. The predicted octanol–water partition coefficient (Wildman–Crippen LogP) is 4.08. The molecule has 2 aromatic rings. The maximum Gasteiger partial charge on any atom is 0.244 e. The van der Waals surface area contributed by atoms with Crippen molar-refractivity contribution >= 4 is 66.7 Å². The summed E-state index contributed by atoms with van der Waals surface area (Å²) in [4.78, 5) is 27.2. The van der Waals surface area contributed by atoms with Crippen LogP contribution in [0, 0.1) is 0 Å². The van der Waals surface area contributed by atoms with E-state index in [2.05, 4.69) is 21.2 Å². The van der Waals surface area contributed by atoms with Gasteiger partial charge in [0.05, 0.1) is 11.9 Å². The number of carbonyl (C=O) groups is 2. The Morgan fingerprint density at radius 2 is 1.75 bits per heavy atom. The third-order valence-electron chi connectivity index (χ3n) is 4.57. The molecule has 0 heterocycles. The van der Waals surface area contributed by atoms with E-state index in [-0.39, 0.29) is 28.2 Å². The van der Waals surface area contributed by atoms with Crippen LogP contribution in [0.2, 0.25) is 10.0 Å². The molecule has 0 aliphatic rings. The fourth-order valence-electron chi connectivity index (χ4n) is 3.03. The van der Waals surface area contributed by atoms with Crippen LogP contribution in [0.25, 0.3) is 0 Å². The van der Waals surface area contributed by atoms with Gasteiger partial charge >= 0.3 is 0 Å². The van der Waals surface area contributed by atoms with Gasteiger partial charge in [0.25, 0.3) is 0 Å². The summed E-state index contributed by atoms with van der Waals surface area (Å²) in [5, 5.41) is 3.16. The molecule has 32 heavy (non-hydrogen) atoms. The highest BCUT2D eigenvalue weighted by molar-refractivity contribution is 9.10. The molecule has 2 amide bonds. The smallest absolute Gasteiger partial charge is 0.244 e. The Balaban J connectivity index is 2.42. The molecule has 0 radical (unpaired) electrons. The second-order valence-corrected chi connectivity index (χ2v) is 10.8. The maximum atomic E-state index is 13.3. The number of hydrogen-bond donors (Lipinski definition) is 1. The van der Waals surface area contributed by atoms with Crippen LogP contribution in [-0.4, -0.2) is 50.5 Å². The summed E-state index contributed by atoms with van der Waals surface area (Å²) in [5.41, 5.74) is 0.937. The van der Waals surface area contributed by atoms with Crippen molar-refractivity contribution in [3.8, 4) is 0 Å². The van der Waals surface area contributed by atoms with E-state index < -0.39 is 28.5 Å². The van der Waals surface area contributed by atoms with Gasteiger partial charge in [-0.2, -0.15) is 0 Å². The number of nitrogens with one attached hydrogen (secondary N) is 1. The molecule has 1 unspecified atom stereocenters. The standard InChI is InChI=1S/C21H24BrCl2N3O4S/c1-4-25-21(29)14(2)26(12-15-6-5-7-16(22)8-15)20(28)13-27(32(3,30)31)19-10-17(23)9-18(24)11-19/h5-11,14H,4,12-13H2,1-3H3,(H,25,29). The Hall–Kier alpha value is -1.81. The highest BCUT2D eigenvalue weighted by Crippen LogP contribution is 2.27. The first-order chi connectivity index (χ1) is 14.9. The third-order valence-corrected chi connectivity index (χ3v) is 6.65. The molecule has 2 rings (SSSR count). The summed E-state index contributed by atoms with van der Waals surface area (Å²) in [5.74, 6) is -0.891. The van der Waals surface area contributed by atoms with Crippen LogP contribution >= 0.6 is 39.1 Å². The van der Waals surface area contributed by atoms with Gasteiger partial charge in [-0.15, -0.1) is 0 Å². The van der Waals surface area contributed by atoms with Crippen molar-refractivity contribution in [3.63, 3.8) is 0 Å². The summed E-state index contributed by atoms with van der Waals surface area (Å²) in [6.07, 6.45) is 0.987.